The Kier molecular flexibility index (Phi) is 3.99. The molecule has 1 heterocycles. The van der Waals surface area contributed by atoms with Gasteiger partial charge in [-0.3, -0.25) is 0 Å². The lowest BCUT2D eigenvalue weighted by molar-refractivity contribution is -0.146. The number of cyclic esters (lactones) is 1. The van der Waals surface area contributed by atoms with Crippen LogP contribution in [0.25, 0.3) is 0 Å². The van der Waals surface area contributed by atoms with Crippen LogP contribution >= 0.6 is 0 Å². The number of aliphatic hydroxyl groups excluding tert-OH is 1. The summed E-state index contributed by atoms with van der Waals surface area (Å²) in [6, 6.07) is 9.32. The number of ether oxygens (including phenoxy) is 2. The van der Waals surface area contributed by atoms with Crippen molar-refractivity contribution < 1.29 is 19.4 Å². The molecule has 4 nitrogen and oxygen atoms in total. The lowest BCUT2D eigenvalue weighted by atomic mass is 10.0. The lowest BCUT2D eigenvalue weighted by Crippen LogP contribution is -2.25. The molecule has 1 aliphatic heterocycles. The molecule has 0 fully saturated rings. The maximum atomic E-state index is 11.3. The van der Waals surface area contributed by atoms with Crippen molar-refractivity contribution in [3.63, 3.8) is 0 Å². The van der Waals surface area contributed by atoms with Crippen LogP contribution in [0.5, 0.6) is 0 Å². The topological polar surface area (TPSA) is 55.8 Å². The van der Waals surface area contributed by atoms with Crippen LogP contribution in [0.1, 0.15) is 24.5 Å². The second kappa shape index (κ2) is 5.69. The molecule has 4 heteroatoms. The highest BCUT2D eigenvalue weighted by Crippen LogP contribution is 2.25. The van der Waals surface area contributed by atoms with E-state index in [1.807, 2.05) is 30.3 Å². The van der Waals surface area contributed by atoms with Crippen molar-refractivity contribution in [1.29, 1.82) is 0 Å². The number of carbonyl (C=O) groups is 1. The van der Waals surface area contributed by atoms with Crippen molar-refractivity contribution in [2.45, 2.75) is 25.0 Å². The van der Waals surface area contributed by atoms with Gasteiger partial charge in [-0.25, -0.2) is 4.79 Å². The van der Waals surface area contributed by atoms with E-state index in [-0.39, 0.29) is 6.10 Å². The van der Waals surface area contributed by atoms with E-state index in [4.69, 9.17) is 9.47 Å². The van der Waals surface area contributed by atoms with Crippen LogP contribution in [0.3, 0.4) is 0 Å². The molecular weight excluding hydrogens is 232 g/mol. The fraction of sp³-hybridized carbons (Fsp3) is 0.357. The molecule has 0 aromatic heterocycles. The summed E-state index contributed by atoms with van der Waals surface area (Å²) in [7, 11) is 1.52. The highest BCUT2D eigenvalue weighted by atomic mass is 16.6. The van der Waals surface area contributed by atoms with Crippen LogP contribution < -0.4 is 0 Å². The molecule has 0 unspecified atom stereocenters. The molecule has 2 rings (SSSR count). The van der Waals surface area contributed by atoms with Crippen LogP contribution in [-0.2, 0) is 14.3 Å². The predicted molar refractivity (Wildman–Crippen MR) is 65.6 cm³/mol. The largest absolute Gasteiger partial charge is 0.501 e. The number of aliphatic hydroxyl groups is 1. The molecule has 0 aliphatic carbocycles. The Hall–Kier alpha value is -1.81. The summed E-state index contributed by atoms with van der Waals surface area (Å²) in [4.78, 5) is 11.3. The Labute approximate surface area is 106 Å². The average molecular weight is 248 g/mol. The van der Waals surface area contributed by atoms with Gasteiger partial charge >= 0.3 is 5.97 Å². The second-order valence-corrected chi connectivity index (χ2v) is 4.24. The molecule has 0 spiro atoms. The lowest BCUT2D eigenvalue weighted by Gasteiger charge is -2.24. The van der Waals surface area contributed by atoms with Crippen molar-refractivity contribution in [3.8, 4) is 0 Å². The molecule has 0 saturated carbocycles. The summed E-state index contributed by atoms with van der Waals surface area (Å²) in [5, 5.41) is 10.1. The molecule has 1 aromatic rings. The Morgan fingerprint density at radius 1 is 1.44 bits per heavy atom. The van der Waals surface area contributed by atoms with Crippen LogP contribution in [0.2, 0.25) is 0 Å². The molecule has 0 saturated heterocycles. The minimum Gasteiger partial charge on any atom is -0.501 e. The van der Waals surface area contributed by atoms with Crippen molar-refractivity contribution in [3.05, 3.63) is 47.7 Å². The molecule has 1 N–H and O–H groups in total. The second-order valence-electron chi connectivity index (χ2n) is 4.24. The third-order valence-electron chi connectivity index (χ3n) is 2.92. The summed E-state index contributed by atoms with van der Waals surface area (Å²) in [6.45, 7) is 0. The van der Waals surface area contributed by atoms with Gasteiger partial charge in [0.05, 0.1) is 19.3 Å². The van der Waals surface area contributed by atoms with E-state index in [9.17, 15) is 9.90 Å². The van der Waals surface area contributed by atoms with Gasteiger partial charge in [0, 0.05) is 12.8 Å². The van der Waals surface area contributed by atoms with Gasteiger partial charge in [0.25, 0.3) is 0 Å². The van der Waals surface area contributed by atoms with E-state index in [1.165, 1.54) is 13.2 Å². The van der Waals surface area contributed by atoms with Gasteiger partial charge in [0.15, 0.2) is 0 Å². The highest BCUT2D eigenvalue weighted by molar-refractivity contribution is 5.83. The maximum absolute atomic E-state index is 11.3. The van der Waals surface area contributed by atoms with Crippen LogP contribution in [0, 0.1) is 0 Å². The fourth-order valence-electron chi connectivity index (χ4n) is 1.99. The van der Waals surface area contributed by atoms with E-state index < -0.39 is 12.1 Å². The zero-order valence-electron chi connectivity index (χ0n) is 10.2. The van der Waals surface area contributed by atoms with Crippen molar-refractivity contribution in [1.82, 2.24) is 0 Å². The molecule has 2 atom stereocenters. The third kappa shape index (κ3) is 3.11. The SMILES string of the molecule is COC1=CC(=O)O[C@@H](C[C@H](O)c2ccccc2)C1. The Morgan fingerprint density at radius 2 is 2.17 bits per heavy atom. The molecule has 0 amide bonds. The zero-order chi connectivity index (χ0) is 13.0. The Balaban J connectivity index is 1.98. The molecule has 1 aromatic carbocycles. The first kappa shape index (κ1) is 12.6. The van der Waals surface area contributed by atoms with Gasteiger partial charge in [-0.2, -0.15) is 0 Å². The van der Waals surface area contributed by atoms with Crippen molar-refractivity contribution in [2.24, 2.45) is 0 Å². The smallest absolute Gasteiger partial charge is 0.334 e. The third-order valence-corrected chi connectivity index (χ3v) is 2.92. The van der Waals surface area contributed by atoms with Gasteiger partial charge in [0.2, 0.25) is 0 Å². The Bertz CT molecular complexity index is 438. The van der Waals surface area contributed by atoms with E-state index in [1.54, 1.807) is 0 Å². The number of esters is 1. The first-order chi connectivity index (χ1) is 8.69. The molecular formula is C14H16O4. The van der Waals surface area contributed by atoms with Crippen LogP contribution in [0.4, 0.5) is 0 Å². The minimum absolute atomic E-state index is 0.340. The number of carbonyl (C=O) groups excluding carboxylic acids is 1. The summed E-state index contributed by atoms with van der Waals surface area (Å²) < 4.78 is 10.2. The number of hydrogen-bond donors (Lipinski definition) is 1. The summed E-state index contributed by atoms with van der Waals surface area (Å²) in [5.74, 6) is 0.180. The zero-order valence-corrected chi connectivity index (χ0v) is 10.2. The average Bonchev–Trinajstić information content (AvgIpc) is 2.39. The fourth-order valence-corrected chi connectivity index (χ4v) is 1.99. The number of rotatable bonds is 4. The van der Waals surface area contributed by atoms with E-state index in [0.717, 1.165) is 5.56 Å². The molecule has 0 bridgehead atoms. The van der Waals surface area contributed by atoms with Crippen molar-refractivity contribution >= 4 is 5.97 Å². The van der Waals surface area contributed by atoms with Crippen LogP contribution in [0.15, 0.2) is 42.2 Å². The predicted octanol–water partition coefficient (Wildman–Crippen LogP) is 1.96. The van der Waals surface area contributed by atoms with Gasteiger partial charge in [-0.05, 0) is 5.56 Å². The first-order valence-electron chi connectivity index (χ1n) is 5.87. The molecule has 18 heavy (non-hydrogen) atoms. The summed E-state index contributed by atoms with van der Waals surface area (Å²) in [5.41, 5.74) is 0.821. The van der Waals surface area contributed by atoms with Gasteiger partial charge in [0.1, 0.15) is 11.9 Å². The maximum Gasteiger partial charge on any atom is 0.334 e. The highest BCUT2D eigenvalue weighted by Gasteiger charge is 2.25. The number of hydrogen-bond acceptors (Lipinski definition) is 4. The Morgan fingerprint density at radius 3 is 2.83 bits per heavy atom. The first-order valence-corrected chi connectivity index (χ1v) is 5.87. The standard InChI is InChI=1S/C14H16O4/c1-17-11-7-12(18-14(16)9-11)8-13(15)10-5-3-2-4-6-10/h2-6,9,12-13,15H,7-8H2,1H3/t12-,13+/m1/s1. The summed E-state index contributed by atoms with van der Waals surface area (Å²) in [6.07, 6.45) is 1.24. The normalized spacial score (nSPS) is 20.9. The monoisotopic (exact) mass is 248 g/mol. The molecule has 1 aliphatic rings. The minimum atomic E-state index is -0.639. The summed E-state index contributed by atoms with van der Waals surface area (Å²) >= 11 is 0. The van der Waals surface area contributed by atoms with E-state index in [0.29, 0.717) is 18.6 Å². The molecule has 0 radical (unpaired) electrons. The quantitative estimate of drug-likeness (QED) is 0.827. The number of benzene rings is 1. The molecule has 96 valence electrons. The van der Waals surface area contributed by atoms with E-state index >= 15 is 0 Å². The van der Waals surface area contributed by atoms with E-state index in [2.05, 4.69) is 0 Å². The van der Waals surface area contributed by atoms with Gasteiger partial charge in [-0.15, -0.1) is 0 Å². The van der Waals surface area contributed by atoms with Crippen molar-refractivity contribution in [2.75, 3.05) is 7.11 Å². The van der Waals surface area contributed by atoms with Gasteiger partial charge < -0.3 is 14.6 Å². The van der Waals surface area contributed by atoms with Gasteiger partial charge in [-0.1, -0.05) is 30.3 Å². The number of methoxy groups -OCH3 is 1. The van der Waals surface area contributed by atoms with Crippen LogP contribution in [-0.4, -0.2) is 24.3 Å².